The van der Waals surface area contributed by atoms with Crippen LogP contribution in [-0.4, -0.2) is 26.8 Å². The number of hydrogen-bond donors (Lipinski definition) is 2. The summed E-state index contributed by atoms with van der Waals surface area (Å²) in [5.74, 6) is -1.55. The second-order valence-corrected chi connectivity index (χ2v) is 4.71. The van der Waals surface area contributed by atoms with Crippen molar-refractivity contribution in [1.29, 1.82) is 0 Å². The minimum absolute atomic E-state index is 0.175. The van der Waals surface area contributed by atoms with E-state index in [4.69, 9.17) is 11.3 Å². The highest BCUT2D eigenvalue weighted by molar-refractivity contribution is 5.27. The van der Waals surface area contributed by atoms with Crippen LogP contribution in [-0.2, 0) is 0 Å². The van der Waals surface area contributed by atoms with Crippen LogP contribution in [0.15, 0.2) is 16.1 Å². The van der Waals surface area contributed by atoms with Crippen molar-refractivity contribution in [2.75, 3.05) is 12.3 Å². The maximum Gasteiger partial charge on any atom is 0.349 e. The molecule has 0 radical (unpaired) electrons. The van der Waals surface area contributed by atoms with E-state index in [-0.39, 0.29) is 12.5 Å². The fourth-order valence-corrected chi connectivity index (χ4v) is 2.44. The van der Waals surface area contributed by atoms with E-state index >= 15 is 0 Å². The third-order valence-electron chi connectivity index (χ3n) is 3.76. The third kappa shape index (κ3) is 1.92. The van der Waals surface area contributed by atoms with E-state index in [0.29, 0.717) is 6.42 Å². The second kappa shape index (κ2) is 4.52. The summed E-state index contributed by atoms with van der Waals surface area (Å²) in [6, 6.07) is -0.546. The lowest BCUT2D eigenvalue weighted by molar-refractivity contribution is 0.0119. The number of aliphatic hydroxyl groups excluding tert-OH is 1. The molecule has 0 aliphatic heterocycles. The smallest absolute Gasteiger partial charge is 0.349 e. The van der Waals surface area contributed by atoms with Crippen molar-refractivity contribution < 1.29 is 9.50 Å². The van der Waals surface area contributed by atoms with Gasteiger partial charge in [-0.1, -0.05) is 12.0 Å². The Morgan fingerprint density at radius 3 is 3.11 bits per heavy atom. The van der Waals surface area contributed by atoms with Crippen molar-refractivity contribution in [3.8, 4) is 0 Å². The summed E-state index contributed by atoms with van der Waals surface area (Å²) in [5.41, 5.74) is 12.1. The fraction of sp³-hybridized carbons (Fsp3) is 0.600. The molecule has 102 valence electrons. The predicted molar refractivity (Wildman–Crippen MR) is 64.6 cm³/mol. The van der Waals surface area contributed by atoms with Gasteiger partial charge in [0.25, 0.3) is 0 Å². The highest BCUT2D eigenvalue weighted by atomic mass is 19.1. The number of azide groups is 1. The summed E-state index contributed by atoms with van der Waals surface area (Å²) in [6.07, 6.45) is 1.35. The van der Waals surface area contributed by atoms with Crippen LogP contribution in [0.2, 0.25) is 0 Å². The van der Waals surface area contributed by atoms with E-state index in [2.05, 4.69) is 15.0 Å². The molecule has 1 aliphatic carbocycles. The van der Waals surface area contributed by atoms with Gasteiger partial charge in [0.1, 0.15) is 0 Å². The number of rotatable bonds is 3. The highest BCUT2D eigenvalue weighted by Gasteiger charge is 2.52. The summed E-state index contributed by atoms with van der Waals surface area (Å²) in [6.45, 7) is 1.44. The van der Waals surface area contributed by atoms with Crippen LogP contribution in [0.5, 0.6) is 0 Å². The molecule has 9 heteroatoms. The predicted octanol–water partition coefficient (Wildman–Crippen LogP) is 0.587. The van der Waals surface area contributed by atoms with Crippen molar-refractivity contribution in [3.05, 3.63) is 32.9 Å². The van der Waals surface area contributed by atoms with Gasteiger partial charge in [-0.25, -0.2) is 9.18 Å². The first kappa shape index (κ1) is 13.3. The lowest BCUT2D eigenvalue weighted by Gasteiger charge is -2.50. The molecule has 1 heterocycles. The normalized spacial score (nSPS) is 29.4. The van der Waals surface area contributed by atoms with E-state index in [0.717, 1.165) is 10.8 Å². The van der Waals surface area contributed by atoms with Crippen LogP contribution in [0.4, 0.5) is 10.2 Å². The number of aliphatic hydroxyl groups is 1. The van der Waals surface area contributed by atoms with Crippen LogP contribution in [0.25, 0.3) is 10.4 Å². The van der Waals surface area contributed by atoms with Gasteiger partial charge in [0.15, 0.2) is 11.6 Å². The van der Waals surface area contributed by atoms with E-state index < -0.39 is 28.9 Å². The molecule has 0 saturated heterocycles. The SMILES string of the molecule is C[C@]1(N=[N+]=[N-])[C@@H](CO)C[C@H]1n1cc(F)c(N)nc1=O. The Labute approximate surface area is 107 Å². The molecule has 3 atom stereocenters. The van der Waals surface area contributed by atoms with E-state index in [1.807, 2.05) is 0 Å². The van der Waals surface area contributed by atoms with Gasteiger partial charge in [0.2, 0.25) is 0 Å². The van der Waals surface area contributed by atoms with E-state index in [9.17, 15) is 14.3 Å². The minimum atomic E-state index is -0.989. The van der Waals surface area contributed by atoms with Gasteiger partial charge in [-0.3, -0.25) is 4.57 Å². The molecule has 0 amide bonds. The van der Waals surface area contributed by atoms with Crippen LogP contribution >= 0.6 is 0 Å². The average molecular weight is 268 g/mol. The average Bonchev–Trinajstić information content (AvgIpc) is 2.35. The van der Waals surface area contributed by atoms with Gasteiger partial charge in [-0.2, -0.15) is 4.98 Å². The van der Waals surface area contributed by atoms with Crippen LogP contribution in [0, 0.1) is 11.7 Å². The largest absolute Gasteiger partial charge is 0.396 e. The molecule has 3 N–H and O–H groups in total. The molecule has 1 aromatic rings. The molecular weight excluding hydrogens is 255 g/mol. The Morgan fingerprint density at radius 1 is 1.84 bits per heavy atom. The number of anilines is 1. The molecule has 1 aromatic heterocycles. The molecule has 0 spiro atoms. The molecule has 8 nitrogen and oxygen atoms in total. The Morgan fingerprint density at radius 2 is 2.53 bits per heavy atom. The topological polar surface area (TPSA) is 130 Å². The summed E-state index contributed by atoms with van der Waals surface area (Å²) in [5, 5.41) is 12.8. The first-order valence-corrected chi connectivity index (χ1v) is 5.65. The van der Waals surface area contributed by atoms with Gasteiger partial charge in [0.05, 0.1) is 11.6 Å². The van der Waals surface area contributed by atoms with Gasteiger partial charge >= 0.3 is 5.69 Å². The molecule has 19 heavy (non-hydrogen) atoms. The Bertz CT molecular complexity index is 611. The molecule has 1 aliphatic rings. The van der Waals surface area contributed by atoms with Crippen molar-refractivity contribution >= 4 is 5.82 Å². The van der Waals surface area contributed by atoms with E-state index in [1.54, 1.807) is 6.92 Å². The molecule has 1 fully saturated rings. The Kier molecular flexibility index (Phi) is 3.17. The summed E-state index contributed by atoms with van der Waals surface area (Å²) < 4.78 is 14.5. The standard InChI is InChI=1S/C10H13FN6O2/c1-10(15-16-13)5(4-18)2-7(10)17-3-6(11)8(12)14-9(17)19/h3,5,7,18H,2,4H2,1H3,(H2,12,14,19)/t5-,7-,10+/m1/s1. The third-order valence-corrected chi connectivity index (χ3v) is 3.76. The Balaban J connectivity index is 2.46. The molecule has 0 unspecified atom stereocenters. The van der Waals surface area contributed by atoms with Gasteiger partial charge in [-0.05, 0) is 17.9 Å². The first-order valence-electron chi connectivity index (χ1n) is 5.65. The zero-order valence-electron chi connectivity index (χ0n) is 10.2. The maximum absolute atomic E-state index is 13.4. The summed E-state index contributed by atoms with van der Waals surface area (Å²) in [4.78, 5) is 17.8. The van der Waals surface area contributed by atoms with Crippen LogP contribution in [0.1, 0.15) is 19.4 Å². The lowest BCUT2D eigenvalue weighted by atomic mass is 9.64. The Hall–Kier alpha value is -2.12. The monoisotopic (exact) mass is 268 g/mol. The minimum Gasteiger partial charge on any atom is -0.396 e. The highest BCUT2D eigenvalue weighted by Crippen LogP contribution is 2.49. The van der Waals surface area contributed by atoms with Crippen LogP contribution < -0.4 is 11.4 Å². The number of nitrogens with zero attached hydrogens (tertiary/aromatic N) is 5. The zero-order valence-corrected chi connectivity index (χ0v) is 10.2. The summed E-state index contributed by atoms with van der Waals surface area (Å²) in [7, 11) is 0. The molecule has 0 aromatic carbocycles. The van der Waals surface area contributed by atoms with Gasteiger partial charge < -0.3 is 10.8 Å². The molecular formula is C10H13FN6O2. The molecule has 0 bridgehead atoms. The van der Waals surface area contributed by atoms with Gasteiger partial charge in [0, 0.05) is 17.7 Å². The van der Waals surface area contributed by atoms with Crippen molar-refractivity contribution in [2.24, 2.45) is 11.0 Å². The molecule has 1 saturated carbocycles. The number of hydrogen-bond acceptors (Lipinski definition) is 5. The first-order chi connectivity index (χ1) is 8.93. The second-order valence-electron chi connectivity index (χ2n) is 4.71. The van der Waals surface area contributed by atoms with E-state index in [1.165, 1.54) is 0 Å². The van der Waals surface area contributed by atoms with Crippen molar-refractivity contribution in [3.63, 3.8) is 0 Å². The number of aromatic nitrogens is 2. The fourth-order valence-electron chi connectivity index (χ4n) is 2.44. The maximum atomic E-state index is 13.4. The number of nitrogens with two attached hydrogens (primary N) is 1. The van der Waals surface area contributed by atoms with Crippen LogP contribution in [0.3, 0.4) is 0 Å². The summed E-state index contributed by atoms with van der Waals surface area (Å²) >= 11 is 0. The zero-order chi connectivity index (χ0) is 14.2. The van der Waals surface area contributed by atoms with Gasteiger partial charge in [-0.15, -0.1) is 0 Å². The van der Waals surface area contributed by atoms with Crippen molar-refractivity contribution in [1.82, 2.24) is 9.55 Å². The number of halogens is 1. The lowest BCUT2D eigenvalue weighted by Crippen LogP contribution is -2.56. The van der Waals surface area contributed by atoms with Crippen molar-refractivity contribution in [2.45, 2.75) is 24.9 Å². The quantitative estimate of drug-likeness (QED) is 0.471. The molecule has 2 rings (SSSR count). The number of nitrogen functional groups attached to an aromatic ring is 1.